The first kappa shape index (κ1) is 22.6. The van der Waals surface area contributed by atoms with Gasteiger partial charge in [-0.25, -0.2) is 13.2 Å². The van der Waals surface area contributed by atoms with Crippen LogP contribution in [-0.4, -0.2) is 48.9 Å². The molecular weight excluding hydrogens is 450 g/mol. The van der Waals surface area contributed by atoms with Gasteiger partial charge in [-0.05, 0) is 23.8 Å². The average molecular weight is 470 g/mol. The molecule has 0 aliphatic carbocycles. The molecule has 0 saturated heterocycles. The highest BCUT2D eigenvalue weighted by molar-refractivity contribution is 7.92. The van der Waals surface area contributed by atoms with Gasteiger partial charge in [0.05, 0.1) is 32.0 Å². The van der Waals surface area contributed by atoms with Crippen molar-refractivity contribution >= 4 is 39.4 Å². The molecule has 31 heavy (non-hydrogen) atoms. The summed E-state index contributed by atoms with van der Waals surface area (Å²) in [4.78, 5) is 11.2. The minimum atomic E-state index is -4.19. The van der Waals surface area contributed by atoms with E-state index < -0.39 is 16.0 Å². The summed E-state index contributed by atoms with van der Waals surface area (Å²) < 4.78 is 54.9. The first-order valence-corrected chi connectivity index (χ1v) is 10.8. The van der Waals surface area contributed by atoms with Crippen LogP contribution in [0.25, 0.3) is 6.08 Å². The molecular formula is C20H20ClNO8S. The van der Waals surface area contributed by atoms with E-state index in [2.05, 4.69) is 9.46 Å². The molecule has 2 aromatic carbocycles. The highest BCUT2D eigenvalue weighted by atomic mass is 35.5. The highest BCUT2D eigenvalue weighted by Crippen LogP contribution is 2.41. The molecule has 0 unspecified atom stereocenters. The molecule has 9 nitrogen and oxygen atoms in total. The summed E-state index contributed by atoms with van der Waals surface area (Å²) in [6, 6.07) is 5.77. The summed E-state index contributed by atoms with van der Waals surface area (Å²) in [6.07, 6.45) is 2.55. The Balaban J connectivity index is 2.05. The molecule has 0 spiro atoms. The topological polar surface area (TPSA) is 109 Å². The van der Waals surface area contributed by atoms with Gasteiger partial charge in [0.1, 0.15) is 18.1 Å². The minimum Gasteiger partial charge on any atom is -0.493 e. The predicted molar refractivity (Wildman–Crippen MR) is 114 cm³/mol. The molecule has 0 atom stereocenters. The van der Waals surface area contributed by atoms with E-state index in [-0.39, 0.29) is 27.1 Å². The second kappa shape index (κ2) is 9.36. The Morgan fingerprint density at radius 2 is 1.74 bits per heavy atom. The molecule has 0 fully saturated rings. The summed E-state index contributed by atoms with van der Waals surface area (Å²) in [5.41, 5.74) is 0.471. The van der Waals surface area contributed by atoms with Crippen LogP contribution >= 0.6 is 11.6 Å². The summed E-state index contributed by atoms with van der Waals surface area (Å²) in [7, 11) is -0.270. The number of halogens is 1. The summed E-state index contributed by atoms with van der Waals surface area (Å²) in [6.45, 7) is 0.706. The van der Waals surface area contributed by atoms with E-state index >= 15 is 0 Å². The summed E-state index contributed by atoms with van der Waals surface area (Å²) >= 11 is 6.24. The Morgan fingerprint density at radius 1 is 1.06 bits per heavy atom. The maximum absolute atomic E-state index is 13.2. The van der Waals surface area contributed by atoms with Crippen LogP contribution < -0.4 is 23.7 Å². The van der Waals surface area contributed by atoms with Gasteiger partial charge in [-0.15, -0.1) is 0 Å². The number of hydrogen-bond acceptors (Lipinski definition) is 8. The highest BCUT2D eigenvalue weighted by Gasteiger charge is 2.26. The van der Waals surface area contributed by atoms with Gasteiger partial charge in [-0.2, -0.15) is 0 Å². The van der Waals surface area contributed by atoms with Gasteiger partial charge in [0.15, 0.2) is 23.0 Å². The van der Waals surface area contributed by atoms with Crippen molar-refractivity contribution in [1.82, 2.24) is 0 Å². The number of rotatable bonds is 7. The van der Waals surface area contributed by atoms with Crippen molar-refractivity contribution in [3.05, 3.63) is 40.9 Å². The number of esters is 1. The lowest BCUT2D eigenvalue weighted by Gasteiger charge is -2.20. The molecule has 2 aromatic rings. The molecule has 0 aromatic heterocycles. The van der Waals surface area contributed by atoms with Gasteiger partial charge < -0.3 is 23.7 Å². The number of hydrogen-bond donors (Lipinski definition) is 1. The Kier molecular flexibility index (Phi) is 6.81. The Morgan fingerprint density at radius 3 is 2.35 bits per heavy atom. The van der Waals surface area contributed by atoms with Gasteiger partial charge >= 0.3 is 5.97 Å². The number of sulfonamides is 1. The van der Waals surface area contributed by atoms with Crippen LogP contribution in [-0.2, 0) is 19.6 Å². The summed E-state index contributed by atoms with van der Waals surface area (Å²) in [5.74, 6) is 0.337. The van der Waals surface area contributed by atoms with Crippen molar-refractivity contribution in [3.63, 3.8) is 0 Å². The number of carbonyl (C=O) groups excluding carboxylic acids is 1. The van der Waals surface area contributed by atoms with Crippen LogP contribution in [0.1, 0.15) is 5.56 Å². The van der Waals surface area contributed by atoms with Gasteiger partial charge in [-0.3, -0.25) is 4.72 Å². The number of carbonyl (C=O) groups is 1. The zero-order valence-electron chi connectivity index (χ0n) is 16.9. The largest absolute Gasteiger partial charge is 0.493 e. The smallest absolute Gasteiger partial charge is 0.330 e. The summed E-state index contributed by atoms with van der Waals surface area (Å²) in [5, 5.41) is 0.125. The number of methoxy groups -OCH3 is 3. The van der Waals surface area contributed by atoms with E-state index in [0.29, 0.717) is 30.3 Å². The van der Waals surface area contributed by atoms with Crippen molar-refractivity contribution in [2.45, 2.75) is 4.90 Å². The lowest BCUT2D eigenvalue weighted by atomic mass is 10.2. The molecule has 3 rings (SSSR count). The Bertz CT molecular complexity index is 1130. The molecule has 1 heterocycles. The molecule has 1 aliphatic rings. The first-order valence-electron chi connectivity index (χ1n) is 8.93. The number of nitrogens with one attached hydrogen (secondary N) is 1. The van der Waals surface area contributed by atoms with E-state index in [1.807, 2.05) is 0 Å². The monoisotopic (exact) mass is 469 g/mol. The SMILES string of the molecule is COC(=O)/C=C/c1cc(OC)c(OC)c(S(=O)(=O)Nc2cc3c(cc2Cl)OCCO3)c1. The van der Waals surface area contributed by atoms with Crippen molar-refractivity contribution in [2.75, 3.05) is 39.3 Å². The second-order valence-electron chi connectivity index (χ2n) is 6.19. The van der Waals surface area contributed by atoms with Gasteiger partial charge in [-0.1, -0.05) is 11.6 Å². The first-order chi connectivity index (χ1) is 14.8. The quantitative estimate of drug-likeness (QED) is 0.486. The molecule has 0 saturated carbocycles. The Hall–Kier alpha value is -3.11. The zero-order chi connectivity index (χ0) is 22.6. The standard InChI is InChI=1S/C20H20ClNO8S/c1-26-17-8-12(4-5-19(23)27-2)9-18(20(17)28-3)31(24,25)22-14-11-16-15(10-13(14)21)29-6-7-30-16/h4-5,8-11,22H,6-7H2,1-3H3/b5-4+. The van der Waals surface area contributed by atoms with E-state index in [0.717, 1.165) is 6.08 Å². The lowest BCUT2D eigenvalue weighted by Crippen LogP contribution is -2.17. The van der Waals surface area contributed by atoms with E-state index in [9.17, 15) is 13.2 Å². The van der Waals surface area contributed by atoms with E-state index in [1.54, 1.807) is 0 Å². The van der Waals surface area contributed by atoms with Crippen LogP contribution in [0, 0.1) is 0 Å². The third-order valence-corrected chi connectivity index (χ3v) is 5.93. The maximum atomic E-state index is 13.2. The van der Waals surface area contributed by atoms with E-state index in [1.165, 1.54) is 51.7 Å². The fourth-order valence-corrected chi connectivity index (χ4v) is 4.36. The van der Waals surface area contributed by atoms with Gasteiger partial charge in [0.2, 0.25) is 0 Å². The molecule has 0 amide bonds. The molecule has 0 radical (unpaired) electrons. The van der Waals surface area contributed by atoms with Crippen LogP contribution in [0.15, 0.2) is 35.2 Å². The van der Waals surface area contributed by atoms with Crippen LogP contribution in [0.3, 0.4) is 0 Å². The number of fused-ring (bicyclic) bond motifs is 1. The minimum absolute atomic E-state index is 0.0149. The molecule has 1 aliphatic heterocycles. The molecule has 11 heteroatoms. The van der Waals surface area contributed by atoms with Gasteiger partial charge in [0.25, 0.3) is 10.0 Å². The average Bonchev–Trinajstić information content (AvgIpc) is 2.76. The van der Waals surface area contributed by atoms with Crippen LogP contribution in [0.4, 0.5) is 5.69 Å². The number of ether oxygens (including phenoxy) is 5. The number of anilines is 1. The maximum Gasteiger partial charge on any atom is 0.330 e. The number of benzene rings is 2. The normalized spacial score (nSPS) is 13.0. The predicted octanol–water partition coefficient (Wildman–Crippen LogP) is 3.12. The van der Waals surface area contributed by atoms with Crippen molar-refractivity contribution in [3.8, 4) is 23.0 Å². The van der Waals surface area contributed by atoms with Gasteiger partial charge in [0, 0.05) is 18.2 Å². The van der Waals surface area contributed by atoms with E-state index in [4.69, 9.17) is 30.5 Å². The molecule has 1 N–H and O–H groups in total. The Labute approximate surface area is 184 Å². The fourth-order valence-electron chi connectivity index (χ4n) is 2.82. The van der Waals surface area contributed by atoms with Crippen molar-refractivity contribution in [2.24, 2.45) is 0 Å². The van der Waals surface area contributed by atoms with Crippen molar-refractivity contribution < 1.29 is 36.9 Å². The lowest BCUT2D eigenvalue weighted by molar-refractivity contribution is -0.134. The fraction of sp³-hybridized carbons (Fsp3) is 0.250. The van der Waals surface area contributed by atoms with Crippen molar-refractivity contribution in [1.29, 1.82) is 0 Å². The molecule has 166 valence electrons. The third-order valence-electron chi connectivity index (χ3n) is 4.25. The third kappa shape index (κ3) is 4.97. The second-order valence-corrected chi connectivity index (χ2v) is 8.25. The zero-order valence-corrected chi connectivity index (χ0v) is 18.5. The van der Waals surface area contributed by atoms with Crippen LogP contribution in [0.2, 0.25) is 5.02 Å². The van der Waals surface area contributed by atoms with Crippen LogP contribution in [0.5, 0.6) is 23.0 Å². The molecule has 0 bridgehead atoms.